The van der Waals surface area contributed by atoms with Crippen molar-refractivity contribution in [2.75, 3.05) is 13.7 Å². The molecule has 0 aromatic heterocycles. The second-order valence-corrected chi connectivity index (χ2v) is 15.9. The van der Waals surface area contributed by atoms with E-state index in [4.69, 9.17) is 33.2 Å². The predicted molar refractivity (Wildman–Crippen MR) is 164 cm³/mol. The molecule has 2 aromatic carbocycles. The van der Waals surface area contributed by atoms with Crippen LogP contribution in [0.2, 0.25) is 0 Å². The highest BCUT2D eigenvalue weighted by molar-refractivity contribution is 5.82. The summed E-state index contributed by atoms with van der Waals surface area (Å²) in [4.78, 5) is 51.3. The summed E-state index contributed by atoms with van der Waals surface area (Å²) in [6.07, 6.45) is -2.94. The maximum Gasteiger partial charge on any atom is 0.514 e. The summed E-state index contributed by atoms with van der Waals surface area (Å²) in [7, 11) is 1.57. The minimum Gasteiger partial charge on any atom is -0.497 e. The summed E-state index contributed by atoms with van der Waals surface area (Å²) in [5.74, 6) is -0.269. The van der Waals surface area contributed by atoms with Crippen molar-refractivity contribution in [1.29, 1.82) is 0 Å². The molecule has 2 aromatic rings. The fraction of sp³-hybridized carbons (Fsp3) is 0.515. The Morgan fingerprint density at radius 3 is 1.72 bits per heavy atom. The molecule has 0 heterocycles. The molecule has 0 saturated heterocycles. The second-order valence-electron chi connectivity index (χ2n) is 12.9. The third kappa shape index (κ3) is 14.1. The summed E-state index contributed by atoms with van der Waals surface area (Å²) >= 11 is -0.997. The number of hydrogen-bond acceptors (Lipinski definition) is 11. The summed E-state index contributed by atoms with van der Waals surface area (Å²) in [5.41, 5.74) is -2.03. The molecule has 0 spiro atoms. The maximum atomic E-state index is 13.1. The van der Waals surface area contributed by atoms with Crippen LogP contribution in [-0.4, -0.2) is 60.9 Å². The highest BCUT2D eigenvalue weighted by atomic mass is 127. The van der Waals surface area contributed by atoms with Crippen LogP contribution in [0.4, 0.5) is 14.4 Å². The van der Waals surface area contributed by atoms with Gasteiger partial charge in [0.2, 0.25) is 3.57 Å². The largest absolute Gasteiger partial charge is 0.514 e. The molecule has 0 aliphatic carbocycles. The van der Waals surface area contributed by atoms with Gasteiger partial charge in [0.15, 0.2) is 15.1 Å². The number of methoxy groups -OCH3 is 1. The molecule has 0 aliphatic heterocycles. The van der Waals surface area contributed by atoms with Gasteiger partial charge in [-0.1, -0.05) is 0 Å². The summed E-state index contributed by atoms with van der Waals surface area (Å²) in [6, 6.07) is 9.31. The number of rotatable bonds is 10. The average molecular weight is 759 g/mol. The normalized spacial score (nSPS) is 12.3. The Morgan fingerprint density at radius 2 is 1.26 bits per heavy atom. The van der Waals surface area contributed by atoms with E-state index in [1.165, 1.54) is 6.07 Å². The van der Waals surface area contributed by atoms with E-state index in [2.05, 4.69) is 5.32 Å². The van der Waals surface area contributed by atoms with Crippen LogP contribution in [0.3, 0.4) is 0 Å². The molecule has 1 amide bonds. The van der Waals surface area contributed by atoms with E-state index in [9.17, 15) is 19.2 Å². The van der Waals surface area contributed by atoms with Crippen LogP contribution in [0.1, 0.15) is 74.8 Å². The first-order valence-electron chi connectivity index (χ1n) is 14.6. The smallest absolute Gasteiger partial charge is 0.497 e. The first-order valence-corrected chi connectivity index (χ1v) is 16.8. The Bertz CT molecular complexity index is 1370. The zero-order chi connectivity index (χ0) is 34.9. The van der Waals surface area contributed by atoms with Crippen molar-refractivity contribution in [2.24, 2.45) is 0 Å². The van der Waals surface area contributed by atoms with Gasteiger partial charge in [0, 0.05) is 18.1 Å². The molecule has 254 valence electrons. The zero-order valence-corrected chi connectivity index (χ0v) is 30.5. The van der Waals surface area contributed by atoms with Gasteiger partial charge < -0.3 is 38.5 Å². The second kappa shape index (κ2) is 16.2. The molecule has 2 rings (SSSR count). The van der Waals surface area contributed by atoms with Crippen LogP contribution < -0.4 is 40.7 Å². The molecule has 0 radical (unpaired) electrons. The molecule has 46 heavy (non-hydrogen) atoms. The fourth-order valence-electron chi connectivity index (χ4n) is 3.56. The fourth-order valence-corrected chi connectivity index (χ4v) is 6.11. The van der Waals surface area contributed by atoms with E-state index in [-0.39, 0.29) is 24.5 Å². The number of halogens is 1. The van der Waals surface area contributed by atoms with Crippen LogP contribution in [0.15, 0.2) is 36.4 Å². The highest BCUT2D eigenvalue weighted by Gasteiger charge is 2.33. The van der Waals surface area contributed by atoms with Crippen molar-refractivity contribution in [3.63, 3.8) is 0 Å². The lowest BCUT2D eigenvalue weighted by Crippen LogP contribution is -3.61. The van der Waals surface area contributed by atoms with Gasteiger partial charge in [-0.05, 0) is 99.6 Å². The van der Waals surface area contributed by atoms with Gasteiger partial charge in [-0.25, -0.2) is 19.2 Å². The van der Waals surface area contributed by atoms with Crippen LogP contribution in [-0.2, 0) is 30.2 Å². The molecular formula is C33H45INO11+. The Labute approximate surface area is 281 Å². The van der Waals surface area contributed by atoms with Gasteiger partial charge >= 0.3 is 45.6 Å². The van der Waals surface area contributed by atoms with Crippen molar-refractivity contribution in [1.82, 2.24) is 5.32 Å². The number of carbonyl (C=O) groups is 4. The number of alkyl carbamates (subject to hydrolysis) is 1. The van der Waals surface area contributed by atoms with Crippen LogP contribution >= 0.6 is 0 Å². The number of nitrogens with one attached hydrogen (secondary N) is 1. The average Bonchev–Trinajstić information content (AvgIpc) is 2.87. The molecule has 12 nitrogen and oxygen atoms in total. The molecule has 13 heteroatoms. The molecule has 1 N–H and O–H groups in total. The van der Waals surface area contributed by atoms with E-state index in [1.54, 1.807) is 82.4 Å². The van der Waals surface area contributed by atoms with Crippen LogP contribution in [0.5, 0.6) is 17.2 Å². The van der Waals surface area contributed by atoms with Gasteiger partial charge in [0.1, 0.15) is 28.6 Å². The monoisotopic (exact) mass is 758 g/mol. The predicted octanol–water partition coefficient (Wildman–Crippen LogP) is 3.45. The van der Waals surface area contributed by atoms with Crippen molar-refractivity contribution in [2.45, 2.75) is 98.5 Å². The Morgan fingerprint density at radius 1 is 0.761 bits per heavy atom. The first kappa shape index (κ1) is 38.4. The standard InChI is InChI=1S/C33H44INO11/c1-12-41-27(36)24(35-28(37)44-31(2,3)4)17-20-18-25(42-29(38)45-32(5,6)7)26(43-30(39)46-33(8,9)10)19-23(20)34-21-13-15-22(40-11)16-14-21/h13-16,18-19,24H,12,17H2,1-11H3/p+1/t24-/m0/s1. The quantitative estimate of drug-likeness (QED) is 0.165. The SMILES string of the molecule is CCOC(=O)[C@H](Cc1cc(OC(=O)OC(C)(C)C)c(OC(=O)OC(C)(C)C)cc1[I+]c1ccc(OC)cc1)NC(=O)OC(C)(C)C. The molecule has 0 aliphatic rings. The molecular weight excluding hydrogens is 713 g/mol. The zero-order valence-electron chi connectivity index (χ0n) is 28.3. The minimum absolute atomic E-state index is 0.0688. The highest BCUT2D eigenvalue weighted by Crippen LogP contribution is 2.31. The van der Waals surface area contributed by atoms with E-state index in [0.717, 1.165) is 3.57 Å². The van der Waals surface area contributed by atoms with E-state index < -0.39 is 68.4 Å². The number of benzene rings is 2. The lowest BCUT2D eigenvalue weighted by atomic mass is 10.1. The van der Waals surface area contributed by atoms with Crippen molar-refractivity contribution >= 4 is 24.4 Å². The summed E-state index contributed by atoms with van der Waals surface area (Å²) in [5, 5.41) is 2.60. The van der Waals surface area contributed by atoms with Gasteiger partial charge in [0.05, 0.1) is 13.7 Å². The van der Waals surface area contributed by atoms with E-state index in [1.807, 2.05) is 24.3 Å². The number of hydrogen-bond donors (Lipinski definition) is 1. The number of esters is 1. The molecule has 1 atom stereocenters. The first-order chi connectivity index (χ1) is 21.2. The molecule has 0 saturated carbocycles. The van der Waals surface area contributed by atoms with Gasteiger partial charge in [-0.3, -0.25) is 0 Å². The number of ether oxygens (including phenoxy) is 7. The molecule has 0 fully saturated rings. The van der Waals surface area contributed by atoms with Crippen molar-refractivity contribution in [3.8, 4) is 17.2 Å². The number of carbonyl (C=O) groups excluding carboxylic acids is 4. The maximum absolute atomic E-state index is 13.1. The Kier molecular flexibility index (Phi) is 13.5. The van der Waals surface area contributed by atoms with Crippen molar-refractivity contribution in [3.05, 3.63) is 49.1 Å². The van der Waals surface area contributed by atoms with Crippen LogP contribution in [0, 0.1) is 7.14 Å². The molecule has 0 unspecified atom stereocenters. The Balaban J connectivity index is 2.69. The number of amides is 1. The summed E-state index contributed by atoms with van der Waals surface area (Å²) < 4.78 is 39.3. The minimum atomic E-state index is -1.17. The topological polar surface area (TPSA) is 145 Å². The van der Waals surface area contributed by atoms with E-state index >= 15 is 0 Å². The molecule has 0 bridgehead atoms. The van der Waals surface area contributed by atoms with Crippen molar-refractivity contribution < 1.29 is 73.5 Å². The van der Waals surface area contributed by atoms with Crippen LogP contribution in [0.25, 0.3) is 0 Å². The third-order valence-corrected chi connectivity index (χ3v) is 8.15. The third-order valence-electron chi connectivity index (χ3n) is 5.22. The summed E-state index contributed by atoms with van der Waals surface area (Å²) in [6.45, 7) is 16.9. The Hall–Kier alpha value is -3.75. The lowest BCUT2D eigenvalue weighted by Gasteiger charge is -2.23. The lowest BCUT2D eigenvalue weighted by molar-refractivity contribution is -0.598. The van der Waals surface area contributed by atoms with Gasteiger partial charge in [-0.15, -0.1) is 0 Å². The van der Waals surface area contributed by atoms with E-state index in [0.29, 0.717) is 14.9 Å². The van der Waals surface area contributed by atoms with Gasteiger partial charge in [-0.2, -0.15) is 0 Å². The van der Waals surface area contributed by atoms with Gasteiger partial charge in [0.25, 0.3) is 0 Å².